The van der Waals surface area contributed by atoms with Gasteiger partial charge in [-0.25, -0.2) is 0 Å². The second-order valence-corrected chi connectivity index (χ2v) is 5.74. The van der Waals surface area contributed by atoms with Gasteiger partial charge in [-0.3, -0.25) is 10.1 Å². The standard InChI is InChI=1S/C16H23ClN2O/c1-4-13(5-2)19-15(18-14(6-3)16(19)20)11-8-7-9-12(17)10-11/h7-10,13-15,18H,4-6H2,1-3H3. The molecule has 0 bridgehead atoms. The summed E-state index contributed by atoms with van der Waals surface area (Å²) in [7, 11) is 0. The SMILES string of the molecule is CCC1NC(c2cccc(Cl)c2)N(C(CC)CC)C1=O. The van der Waals surface area contributed by atoms with Crippen LogP contribution in [0.15, 0.2) is 24.3 Å². The van der Waals surface area contributed by atoms with Gasteiger partial charge in [0, 0.05) is 11.1 Å². The monoisotopic (exact) mass is 294 g/mol. The van der Waals surface area contributed by atoms with E-state index < -0.39 is 0 Å². The summed E-state index contributed by atoms with van der Waals surface area (Å²) in [5, 5.41) is 4.16. The highest BCUT2D eigenvalue weighted by atomic mass is 35.5. The maximum absolute atomic E-state index is 12.6. The van der Waals surface area contributed by atoms with Crippen molar-refractivity contribution in [2.75, 3.05) is 0 Å². The Bertz CT molecular complexity index is 473. The van der Waals surface area contributed by atoms with E-state index >= 15 is 0 Å². The fourth-order valence-electron chi connectivity index (χ4n) is 2.95. The van der Waals surface area contributed by atoms with Gasteiger partial charge in [-0.05, 0) is 37.0 Å². The molecule has 110 valence electrons. The summed E-state index contributed by atoms with van der Waals surface area (Å²) in [6.07, 6.45) is 2.69. The number of hydrogen-bond donors (Lipinski definition) is 1. The molecule has 0 saturated carbocycles. The van der Waals surface area contributed by atoms with Crippen molar-refractivity contribution in [1.29, 1.82) is 0 Å². The van der Waals surface area contributed by atoms with E-state index in [0.29, 0.717) is 5.02 Å². The average molecular weight is 295 g/mol. The molecule has 1 aromatic carbocycles. The highest BCUT2D eigenvalue weighted by Gasteiger charge is 2.41. The van der Waals surface area contributed by atoms with Crippen LogP contribution in [0.5, 0.6) is 0 Å². The second-order valence-electron chi connectivity index (χ2n) is 5.30. The van der Waals surface area contributed by atoms with E-state index in [2.05, 4.69) is 19.2 Å². The molecule has 1 N–H and O–H groups in total. The van der Waals surface area contributed by atoms with E-state index in [1.165, 1.54) is 0 Å². The Labute approximate surface area is 126 Å². The second kappa shape index (κ2) is 6.59. The predicted octanol–water partition coefficient (Wildman–Crippen LogP) is 3.74. The molecule has 2 rings (SSSR count). The molecule has 1 aliphatic heterocycles. The van der Waals surface area contributed by atoms with Gasteiger partial charge in [0.15, 0.2) is 0 Å². The molecule has 1 heterocycles. The molecule has 0 aromatic heterocycles. The molecule has 0 spiro atoms. The van der Waals surface area contributed by atoms with Crippen molar-refractivity contribution in [2.45, 2.75) is 58.3 Å². The van der Waals surface area contributed by atoms with Gasteiger partial charge < -0.3 is 4.90 Å². The van der Waals surface area contributed by atoms with Crippen LogP contribution in [0.3, 0.4) is 0 Å². The van der Waals surface area contributed by atoms with Crippen molar-refractivity contribution < 1.29 is 4.79 Å². The first-order valence-corrected chi connectivity index (χ1v) is 7.83. The number of halogens is 1. The van der Waals surface area contributed by atoms with E-state index in [1.807, 2.05) is 36.1 Å². The van der Waals surface area contributed by atoms with Gasteiger partial charge in [0.2, 0.25) is 5.91 Å². The van der Waals surface area contributed by atoms with Crippen LogP contribution >= 0.6 is 11.6 Å². The van der Waals surface area contributed by atoms with Crippen LogP contribution < -0.4 is 5.32 Å². The minimum atomic E-state index is -0.0837. The maximum atomic E-state index is 12.6. The third-order valence-corrected chi connectivity index (χ3v) is 4.33. The fourth-order valence-corrected chi connectivity index (χ4v) is 3.15. The number of nitrogens with one attached hydrogen (secondary N) is 1. The van der Waals surface area contributed by atoms with E-state index in [0.717, 1.165) is 24.8 Å². The van der Waals surface area contributed by atoms with Crippen LogP contribution in [-0.4, -0.2) is 22.9 Å². The summed E-state index contributed by atoms with van der Waals surface area (Å²) in [5.74, 6) is 0.214. The van der Waals surface area contributed by atoms with Gasteiger partial charge in [-0.1, -0.05) is 44.5 Å². The normalized spacial score (nSPS) is 22.9. The lowest BCUT2D eigenvalue weighted by Gasteiger charge is -2.32. The lowest BCUT2D eigenvalue weighted by atomic mass is 10.1. The molecule has 0 aliphatic carbocycles. The lowest BCUT2D eigenvalue weighted by molar-refractivity contribution is -0.132. The molecular weight excluding hydrogens is 272 g/mol. The Morgan fingerprint density at radius 3 is 2.55 bits per heavy atom. The lowest BCUT2D eigenvalue weighted by Crippen LogP contribution is -2.39. The summed E-state index contributed by atoms with van der Waals surface area (Å²) in [6, 6.07) is 7.97. The van der Waals surface area contributed by atoms with E-state index in [-0.39, 0.29) is 24.2 Å². The molecule has 3 nitrogen and oxygen atoms in total. The number of amides is 1. The highest BCUT2D eigenvalue weighted by Crippen LogP contribution is 2.31. The molecule has 1 saturated heterocycles. The molecule has 1 aromatic rings. The van der Waals surface area contributed by atoms with Crippen molar-refractivity contribution in [1.82, 2.24) is 10.2 Å². The van der Waals surface area contributed by atoms with Crippen molar-refractivity contribution in [2.24, 2.45) is 0 Å². The number of carbonyl (C=O) groups is 1. The quantitative estimate of drug-likeness (QED) is 0.897. The first kappa shape index (κ1) is 15.3. The van der Waals surface area contributed by atoms with Crippen LogP contribution in [-0.2, 0) is 4.79 Å². The zero-order valence-corrected chi connectivity index (χ0v) is 13.2. The van der Waals surface area contributed by atoms with Crippen molar-refractivity contribution in [3.63, 3.8) is 0 Å². The van der Waals surface area contributed by atoms with Gasteiger partial charge in [0.05, 0.1) is 6.04 Å². The smallest absolute Gasteiger partial charge is 0.241 e. The van der Waals surface area contributed by atoms with E-state index in [4.69, 9.17) is 11.6 Å². The molecular formula is C16H23ClN2O. The molecule has 20 heavy (non-hydrogen) atoms. The maximum Gasteiger partial charge on any atom is 0.241 e. The van der Waals surface area contributed by atoms with Gasteiger partial charge in [0.25, 0.3) is 0 Å². The molecule has 2 atom stereocenters. The summed E-state index contributed by atoms with van der Waals surface area (Å²) in [5.41, 5.74) is 1.06. The van der Waals surface area contributed by atoms with Gasteiger partial charge in [-0.15, -0.1) is 0 Å². The van der Waals surface area contributed by atoms with Crippen molar-refractivity contribution in [3.05, 3.63) is 34.9 Å². The zero-order chi connectivity index (χ0) is 14.7. The molecule has 1 amide bonds. The molecule has 1 fully saturated rings. The number of rotatable bonds is 5. The number of carbonyl (C=O) groups excluding carboxylic acids is 1. The first-order chi connectivity index (χ1) is 9.62. The van der Waals surface area contributed by atoms with Gasteiger partial charge >= 0.3 is 0 Å². The van der Waals surface area contributed by atoms with Crippen molar-refractivity contribution >= 4 is 17.5 Å². The van der Waals surface area contributed by atoms with Crippen LogP contribution in [0.25, 0.3) is 0 Å². The van der Waals surface area contributed by atoms with Crippen LogP contribution in [0.2, 0.25) is 5.02 Å². The summed E-state index contributed by atoms with van der Waals surface area (Å²) in [6.45, 7) is 6.31. The Morgan fingerprint density at radius 1 is 1.30 bits per heavy atom. The third kappa shape index (κ3) is 2.84. The predicted molar refractivity (Wildman–Crippen MR) is 82.6 cm³/mol. The minimum Gasteiger partial charge on any atom is -0.319 e. The van der Waals surface area contributed by atoms with Crippen LogP contribution in [0.1, 0.15) is 51.8 Å². The van der Waals surface area contributed by atoms with Crippen LogP contribution in [0, 0.1) is 0 Å². The third-order valence-electron chi connectivity index (χ3n) is 4.10. The van der Waals surface area contributed by atoms with E-state index in [9.17, 15) is 4.79 Å². The molecule has 4 heteroatoms. The van der Waals surface area contributed by atoms with Gasteiger partial charge in [0.1, 0.15) is 6.17 Å². The fraction of sp³-hybridized carbons (Fsp3) is 0.562. The average Bonchev–Trinajstić information content (AvgIpc) is 2.78. The van der Waals surface area contributed by atoms with Crippen molar-refractivity contribution in [3.8, 4) is 0 Å². The Hall–Kier alpha value is -1.06. The number of hydrogen-bond acceptors (Lipinski definition) is 2. The zero-order valence-electron chi connectivity index (χ0n) is 12.4. The molecule has 1 aliphatic rings. The largest absolute Gasteiger partial charge is 0.319 e. The summed E-state index contributed by atoms with van der Waals surface area (Å²) < 4.78 is 0. The van der Waals surface area contributed by atoms with E-state index in [1.54, 1.807) is 0 Å². The molecule has 2 unspecified atom stereocenters. The number of nitrogens with zero attached hydrogens (tertiary/aromatic N) is 1. The van der Waals surface area contributed by atoms with Crippen LogP contribution in [0.4, 0.5) is 0 Å². The minimum absolute atomic E-state index is 0.0592. The summed E-state index contributed by atoms with van der Waals surface area (Å²) >= 11 is 6.09. The molecule has 0 radical (unpaired) electrons. The summed E-state index contributed by atoms with van der Waals surface area (Å²) in [4.78, 5) is 14.6. The highest BCUT2D eigenvalue weighted by molar-refractivity contribution is 6.30. The topological polar surface area (TPSA) is 32.3 Å². The van der Waals surface area contributed by atoms with Gasteiger partial charge in [-0.2, -0.15) is 0 Å². The first-order valence-electron chi connectivity index (χ1n) is 7.46. The Morgan fingerprint density at radius 2 is 2.00 bits per heavy atom. The number of benzene rings is 1. The Balaban J connectivity index is 2.35. The Kier molecular flexibility index (Phi) is 5.06.